The summed E-state index contributed by atoms with van der Waals surface area (Å²) in [4.78, 5) is 29.3. The number of benzene rings is 2. The molecule has 0 aliphatic carbocycles. The molecule has 3 rings (SSSR count). The second-order valence-electron chi connectivity index (χ2n) is 9.12. The monoisotopic (exact) mass is 426 g/mol. The lowest BCUT2D eigenvalue weighted by Gasteiger charge is -2.42. The zero-order chi connectivity index (χ0) is 22.9. The molecule has 2 aromatic carbocycles. The van der Waals surface area contributed by atoms with Gasteiger partial charge in [-0.05, 0) is 76.4 Å². The third-order valence-electron chi connectivity index (χ3n) is 5.59. The van der Waals surface area contributed by atoms with E-state index in [-0.39, 0.29) is 11.9 Å². The van der Waals surface area contributed by atoms with Crippen LogP contribution in [0.3, 0.4) is 0 Å². The van der Waals surface area contributed by atoms with Gasteiger partial charge in [-0.3, -0.25) is 4.79 Å². The maximum absolute atomic E-state index is 14.2. The highest BCUT2D eigenvalue weighted by molar-refractivity contribution is 6.07. The molecule has 31 heavy (non-hydrogen) atoms. The number of hydrogen-bond acceptors (Lipinski definition) is 3. The number of aryl methyl sites for hydroxylation is 1. The Hall–Kier alpha value is -2.89. The molecule has 0 N–H and O–H groups in total. The number of anilines is 1. The van der Waals surface area contributed by atoms with Crippen LogP contribution in [-0.4, -0.2) is 35.6 Å². The van der Waals surface area contributed by atoms with Crippen LogP contribution in [0.5, 0.6) is 0 Å². The zero-order valence-electron chi connectivity index (χ0n) is 19.1. The smallest absolute Gasteiger partial charge is 0.410 e. The number of nitrogens with zero attached hydrogens (tertiary/aromatic N) is 2. The largest absolute Gasteiger partial charge is 0.444 e. The van der Waals surface area contributed by atoms with E-state index in [1.807, 2.05) is 31.2 Å². The molecule has 0 spiro atoms. The Balaban J connectivity index is 1.98. The summed E-state index contributed by atoms with van der Waals surface area (Å²) in [6, 6.07) is 11.3. The average molecular weight is 427 g/mol. The summed E-state index contributed by atoms with van der Waals surface area (Å²) in [5.41, 5.74) is 2.32. The normalized spacial score (nSPS) is 18.4. The van der Waals surface area contributed by atoms with Crippen molar-refractivity contribution in [1.82, 2.24) is 4.90 Å². The highest BCUT2D eigenvalue weighted by Gasteiger charge is 2.38. The van der Waals surface area contributed by atoms with Crippen LogP contribution in [0.2, 0.25) is 0 Å². The number of amides is 2. The van der Waals surface area contributed by atoms with Crippen LogP contribution in [0, 0.1) is 5.82 Å². The van der Waals surface area contributed by atoms with Crippen molar-refractivity contribution in [3.63, 3.8) is 0 Å². The van der Waals surface area contributed by atoms with E-state index in [9.17, 15) is 14.0 Å². The van der Waals surface area contributed by atoms with Gasteiger partial charge in [0.2, 0.25) is 0 Å². The summed E-state index contributed by atoms with van der Waals surface area (Å²) in [5.74, 6) is -0.544. The Morgan fingerprint density at radius 3 is 2.39 bits per heavy atom. The van der Waals surface area contributed by atoms with E-state index < -0.39 is 23.6 Å². The number of rotatable bonds is 3. The number of carbonyl (C=O) groups is 2. The van der Waals surface area contributed by atoms with Gasteiger partial charge >= 0.3 is 6.09 Å². The highest BCUT2D eigenvalue weighted by Crippen LogP contribution is 2.41. The molecule has 6 heteroatoms. The second-order valence-corrected chi connectivity index (χ2v) is 9.12. The zero-order valence-corrected chi connectivity index (χ0v) is 19.1. The van der Waals surface area contributed by atoms with Crippen LogP contribution in [0.25, 0.3) is 0 Å². The van der Waals surface area contributed by atoms with Gasteiger partial charge in [-0.1, -0.05) is 19.1 Å². The molecule has 1 aliphatic rings. The first-order valence-corrected chi connectivity index (χ1v) is 10.7. The van der Waals surface area contributed by atoms with Crippen LogP contribution >= 0.6 is 0 Å². The van der Waals surface area contributed by atoms with Gasteiger partial charge in [-0.2, -0.15) is 0 Å². The first-order chi connectivity index (χ1) is 14.5. The summed E-state index contributed by atoms with van der Waals surface area (Å²) in [7, 11) is 1.65. The SMILES string of the molecule is CCc1ccc(C(=O)N2c3ccc(F)cc3[C@@H](N(C)C(=O)OC(C)(C)C)C[C@H]2C)cc1. The molecule has 0 unspecified atom stereocenters. The number of halogens is 1. The van der Waals surface area contributed by atoms with Crippen molar-refractivity contribution < 1.29 is 18.7 Å². The van der Waals surface area contributed by atoms with Crippen molar-refractivity contribution in [2.75, 3.05) is 11.9 Å². The topological polar surface area (TPSA) is 49.9 Å². The molecule has 0 saturated carbocycles. The van der Waals surface area contributed by atoms with Gasteiger partial charge in [0.05, 0.1) is 6.04 Å². The van der Waals surface area contributed by atoms with E-state index in [0.29, 0.717) is 23.2 Å². The predicted molar refractivity (Wildman–Crippen MR) is 120 cm³/mol. The van der Waals surface area contributed by atoms with Crippen molar-refractivity contribution in [1.29, 1.82) is 0 Å². The lowest BCUT2D eigenvalue weighted by molar-refractivity contribution is 0.0203. The van der Waals surface area contributed by atoms with Gasteiger partial charge in [0, 0.05) is 29.9 Å². The Morgan fingerprint density at radius 1 is 1.16 bits per heavy atom. The summed E-state index contributed by atoms with van der Waals surface area (Å²) >= 11 is 0. The third kappa shape index (κ3) is 4.89. The maximum Gasteiger partial charge on any atom is 0.410 e. The van der Waals surface area contributed by atoms with E-state index in [1.165, 1.54) is 17.0 Å². The number of fused-ring (bicyclic) bond motifs is 1. The first-order valence-electron chi connectivity index (χ1n) is 10.7. The molecule has 0 bridgehead atoms. The Morgan fingerprint density at radius 2 is 1.81 bits per heavy atom. The quantitative estimate of drug-likeness (QED) is 0.629. The molecule has 1 aliphatic heterocycles. The molecule has 0 fully saturated rings. The van der Waals surface area contributed by atoms with Crippen LogP contribution in [0.1, 0.15) is 68.6 Å². The van der Waals surface area contributed by atoms with E-state index >= 15 is 0 Å². The molecular formula is C25H31FN2O3. The summed E-state index contributed by atoms with van der Waals surface area (Å²) < 4.78 is 19.7. The number of ether oxygens (including phenoxy) is 1. The standard InChI is InChI=1S/C25H31FN2O3/c1-7-17-8-10-18(11-9-17)23(29)28-16(2)14-22(20-15-19(26)12-13-21(20)28)27(6)24(30)31-25(3,4)5/h8-13,15-16,22H,7,14H2,1-6H3/t16-,22+/m1/s1. The summed E-state index contributed by atoms with van der Waals surface area (Å²) in [6.45, 7) is 9.43. The molecule has 5 nitrogen and oxygen atoms in total. The van der Waals surface area contributed by atoms with Crippen molar-refractivity contribution in [2.24, 2.45) is 0 Å². The van der Waals surface area contributed by atoms with Gasteiger partial charge in [-0.25, -0.2) is 9.18 Å². The summed E-state index contributed by atoms with van der Waals surface area (Å²) in [5, 5.41) is 0. The third-order valence-corrected chi connectivity index (χ3v) is 5.59. The van der Waals surface area contributed by atoms with Gasteiger partial charge in [0.25, 0.3) is 5.91 Å². The Labute approximate surface area is 183 Å². The number of hydrogen-bond donors (Lipinski definition) is 0. The van der Waals surface area contributed by atoms with E-state index in [1.54, 1.807) is 38.8 Å². The van der Waals surface area contributed by atoms with E-state index in [0.717, 1.165) is 12.0 Å². The fraction of sp³-hybridized carbons (Fsp3) is 0.440. The van der Waals surface area contributed by atoms with Crippen molar-refractivity contribution in [3.05, 3.63) is 65.0 Å². The summed E-state index contributed by atoms with van der Waals surface area (Å²) in [6.07, 6.45) is 0.898. The lowest BCUT2D eigenvalue weighted by atomic mass is 9.90. The van der Waals surface area contributed by atoms with Gasteiger partial charge < -0.3 is 14.5 Å². The molecule has 166 valence electrons. The van der Waals surface area contributed by atoms with Gasteiger partial charge in [-0.15, -0.1) is 0 Å². The van der Waals surface area contributed by atoms with Crippen LogP contribution in [0.4, 0.5) is 14.9 Å². The highest BCUT2D eigenvalue weighted by atomic mass is 19.1. The maximum atomic E-state index is 14.2. The molecular weight excluding hydrogens is 395 g/mol. The van der Waals surface area contributed by atoms with Crippen LogP contribution in [0.15, 0.2) is 42.5 Å². The minimum Gasteiger partial charge on any atom is -0.444 e. The predicted octanol–water partition coefficient (Wildman–Crippen LogP) is 5.74. The van der Waals surface area contributed by atoms with E-state index in [2.05, 4.69) is 6.92 Å². The molecule has 1 heterocycles. The van der Waals surface area contributed by atoms with Crippen molar-refractivity contribution >= 4 is 17.7 Å². The second kappa shape index (κ2) is 8.69. The fourth-order valence-corrected chi connectivity index (χ4v) is 3.96. The first kappa shape index (κ1) is 22.8. The molecule has 0 aromatic heterocycles. The molecule has 0 saturated heterocycles. The van der Waals surface area contributed by atoms with Crippen LogP contribution < -0.4 is 4.90 Å². The molecule has 2 amide bonds. The minimum absolute atomic E-state index is 0.138. The fourth-order valence-electron chi connectivity index (χ4n) is 3.96. The average Bonchev–Trinajstić information content (AvgIpc) is 2.71. The Bertz CT molecular complexity index is 966. The van der Waals surface area contributed by atoms with Crippen LogP contribution in [-0.2, 0) is 11.2 Å². The molecule has 2 aromatic rings. The van der Waals surface area contributed by atoms with Crippen molar-refractivity contribution in [2.45, 2.75) is 65.1 Å². The van der Waals surface area contributed by atoms with Gasteiger partial charge in [0.15, 0.2) is 0 Å². The van der Waals surface area contributed by atoms with Crippen molar-refractivity contribution in [3.8, 4) is 0 Å². The molecule has 2 atom stereocenters. The number of carbonyl (C=O) groups excluding carboxylic acids is 2. The van der Waals surface area contributed by atoms with E-state index in [4.69, 9.17) is 4.74 Å². The minimum atomic E-state index is -0.636. The van der Waals surface area contributed by atoms with Gasteiger partial charge in [0.1, 0.15) is 11.4 Å². The molecule has 0 radical (unpaired) electrons. The Kier molecular flexibility index (Phi) is 6.39. The lowest BCUT2D eigenvalue weighted by Crippen LogP contribution is -2.47.